The maximum absolute atomic E-state index is 8.56. The van der Waals surface area contributed by atoms with Crippen molar-refractivity contribution < 1.29 is 54.0 Å². The van der Waals surface area contributed by atoms with E-state index in [0.29, 0.717) is 0 Å². The van der Waals surface area contributed by atoms with Crippen LogP contribution in [0, 0.1) is 0 Å². The van der Waals surface area contributed by atoms with Gasteiger partial charge in [0, 0.05) is 76.7 Å². The fourth-order valence-electron chi connectivity index (χ4n) is 0. The van der Waals surface area contributed by atoms with Gasteiger partial charge in [0.1, 0.15) is 0 Å². The van der Waals surface area contributed by atoms with Crippen LogP contribution < -0.4 is 0 Å². The predicted molar refractivity (Wildman–Crippen MR) is 16.4 cm³/mol. The van der Waals surface area contributed by atoms with E-state index in [1.807, 2.05) is 0 Å². The van der Waals surface area contributed by atoms with Crippen LogP contribution in [0.25, 0.3) is 0 Å². The SMILES string of the molecule is O=C(O)O.[Ca].[Zn].[Zn]. The minimum absolute atomic E-state index is 0. The van der Waals surface area contributed by atoms with Gasteiger partial charge in [-0.05, 0) is 0 Å². The number of hydrogen-bond acceptors (Lipinski definition) is 1. The van der Waals surface area contributed by atoms with Crippen LogP contribution in [-0.4, -0.2) is 54.1 Å². The smallest absolute Gasteiger partial charge is 0.450 e. The Morgan fingerprint density at radius 1 is 1.14 bits per heavy atom. The van der Waals surface area contributed by atoms with Gasteiger partial charge in [-0.25, -0.2) is 4.79 Å². The number of hydrogen-bond donors (Lipinski definition) is 2. The Labute approximate surface area is 96.4 Å². The molecule has 0 rings (SSSR count). The van der Waals surface area contributed by atoms with Gasteiger partial charge >= 0.3 is 6.16 Å². The zero-order chi connectivity index (χ0) is 3.58. The van der Waals surface area contributed by atoms with Gasteiger partial charge in [-0.15, -0.1) is 0 Å². The topological polar surface area (TPSA) is 57.5 Å². The first-order chi connectivity index (χ1) is 1.73. The molecule has 0 aromatic heterocycles. The minimum atomic E-state index is -1.83. The van der Waals surface area contributed by atoms with E-state index in [2.05, 4.69) is 0 Å². The van der Waals surface area contributed by atoms with Crippen molar-refractivity contribution in [3.05, 3.63) is 0 Å². The second kappa shape index (κ2) is 15.7. The minimum Gasteiger partial charge on any atom is -0.450 e. The molecule has 0 atom stereocenters. The van der Waals surface area contributed by atoms with Gasteiger partial charge in [-0.1, -0.05) is 0 Å². The van der Waals surface area contributed by atoms with Gasteiger partial charge in [-0.3, -0.25) is 0 Å². The molecular weight excluding hydrogens is 231 g/mol. The maximum Gasteiger partial charge on any atom is 0.503 e. The number of carboxylic acid groups (broad SMARTS) is 2. The van der Waals surface area contributed by atoms with E-state index in [4.69, 9.17) is 15.0 Å². The Bertz CT molecular complexity index is 35.9. The third kappa shape index (κ3) is 82.2. The Morgan fingerprint density at radius 3 is 1.14 bits per heavy atom. The summed E-state index contributed by atoms with van der Waals surface area (Å²) in [4.78, 5) is 8.56. The maximum atomic E-state index is 8.56. The molecule has 0 saturated carbocycles. The van der Waals surface area contributed by atoms with Crippen molar-refractivity contribution in [2.45, 2.75) is 0 Å². The monoisotopic (exact) mass is 230 g/mol. The van der Waals surface area contributed by atoms with Crippen LogP contribution in [0.4, 0.5) is 4.79 Å². The van der Waals surface area contributed by atoms with Crippen molar-refractivity contribution in [1.29, 1.82) is 0 Å². The fourth-order valence-corrected chi connectivity index (χ4v) is 0. The first-order valence-electron chi connectivity index (χ1n) is 0.651. The molecule has 2 radical (unpaired) electrons. The second-order valence-electron chi connectivity index (χ2n) is 0.283. The van der Waals surface area contributed by atoms with E-state index >= 15 is 0 Å². The van der Waals surface area contributed by atoms with Crippen LogP contribution in [0.2, 0.25) is 0 Å². The van der Waals surface area contributed by atoms with Crippen LogP contribution in [0.1, 0.15) is 0 Å². The molecule has 0 aliphatic heterocycles. The van der Waals surface area contributed by atoms with Crippen molar-refractivity contribution in [2.75, 3.05) is 0 Å². The number of carbonyl (C=O) groups is 1. The summed E-state index contributed by atoms with van der Waals surface area (Å²) in [6.07, 6.45) is -1.83. The summed E-state index contributed by atoms with van der Waals surface area (Å²) >= 11 is 0. The molecule has 7 heavy (non-hydrogen) atoms. The molecule has 0 unspecified atom stereocenters. The molecule has 0 aromatic rings. The van der Waals surface area contributed by atoms with Crippen LogP contribution in [0.15, 0.2) is 0 Å². The number of rotatable bonds is 0. The largest absolute Gasteiger partial charge is 0.503 e. The molecular formula is CH2CaO3Zn2. The molecule has 3 nitrogen and oxygen atoms in total. The van der Waals surface area contributed by atoms with Crippen LogP contribution >= 0.6 is 0 Å². The molecule has 0 heterocycles. The zero-order valence-corrected chi connectivity index (χ0v) is 12.1. The summed E-state index contributed by atoms with van der Waals surface area (Å²) in [6.45, 7) is 0. The quantitative estimate of drug-likeness (QED) is 0.571. The van der Waals surface area contributed by atoms with Gasteiger partial charge in [0.25, 0.3) is 0 Å². The molecule has 0 saturated heterocycles. The van der Waals surface area contributed by atoms with Gasteiger partial charge in [0.05, 0.1) is 0 Å². The van der Waals surface area contributed by atoms with Crippen LogP contribution in [-0.2, 0) is 39.0 Å². The van der Waals surface area contributed by atoms with Gasteiger partial charge in [0.15, 0.2) is 0 Å². The average Bonchev–Trinajstić information content (AvgIpc) is 0.811. The summed E-state index contributed by atoms with van der Waals surface area (Å²) in [5, 5.41) is 13.9. The first kappa shape index (κ1) is 23.3. The van der Waals surface area contributed by atoms with Crippen molar-refractivity contribution in [3.8, 4) is 0 Å². The molecule has 0 aliphatic rings. The summed E-state index contributed by atoms with van der Waals surface area (Å²) in [7, 11) is 0. The normalized spacial score (nSPS) is 3.43. The van der Waals surface area contributed by atoms with E-state index < -0.39 is 6.16 Å². The predicted octanol–water partition coefficient (Wildman–Crippen LogP) is -0.163. The summed E-state index contributed by atoms with van der Waals surface area (Å²) < 4.78 is 0. The third-order valence-electron chi connectivity index (χ3n) is 0. The first-order valence-corrected chi connectivity index (χ1v) is 0.651. The summed E-state index contributed by atoms with van der Waals surface area (Å²) in [6, 6.07) is 0. The summed E-state index contributed by atoms with van der Waals surface area (Å²) in [5.41, 5.74) is 0. The second-order valence-corrected chi connectivity index (χ2v) is 0.283. The fraction of sp³-hybridized carbons (Fsp3) is 0. The van der Waals surface area contributed by atoms with E-state index in [-0.39, 0.29) is 76.7 Å². The Kier molecular flexibility index (Phi) is 52.0. The molecule has 6 heteroatoms. The molecule has 0 spiro atoms. The Morgan fingerprint density at radius 2 is 1.14 bits per heavy atom. The zero-order valence-electron chi connectivity index (χ0n) is 3.92. The van der Waals surface area contributed by atoms with Gasteiger partial charge < -0.3 is 10.2 Å². The van der Waals surface area contributed by atoms with E-state index in [1.54, 1.807) is 0 Å². The van der Waals surface area contributed by atoms with E-state index in [1.165, 1.54) is 0 Å². The van der Waals surface area contributed by atoms with Crippen molar-refractivity contribution in [3.63, 3.8) is 0 Å². The molecule has 0 aromatic carbocycles. The van der Waals surface area contributed by atoms with Crippen LogP contribution in [0.3, 0.4) is 0 Å². The van der Waals surface area contributed by atoms with Gasteiger partial charge in [-0.2, -0.15) is 0 Å². The molecule has 0 fully saturated rings. The average molecular weight is 233 g/mol. The molecule has 0 bridgehead atoms. The van der Waals surface area contributed by atoms with Gasteiger partial charge in [0.2, 0.25) is 0 Å². The van der Waals surface area contributed by atoms with Crippen molar-refractivity contribution in [1.82, 2.24) is 0 Å². The van der Waals surface area contributed by atoms with Crippen molar-refractivity contribution in [2.24, 2.45) is 0 Å². The Balaban J connectivity index is -0.0000000150. The van der Waals surface area contributed by atoms with E-state index in [9.17, 15) is 0 Å². The molecule has 0 aliphatic carbocycles. The standard InChI is InChI=1S/CH2O3.Ca.2Zn/c2-1(3)4;;;/h(H2,2,3,4);;;. The third-order valence-corrected chi connectivity index (χ3v) is 0. The summed E-state index contributed by atoms with van der Waals surface area (Å²) in [5.74, 6) is 0. The van der Waals surface area contributed by atoms with Crippen LogP contribution in [0.5, 0.6) is 0 Å². The molecule has 0 amide bonds. The van der Waals surface area contributed by atoms with E-state index in [0.717, 1.165) is 0 Å². The molecule has 2 N–H and O–H groups in total. The Hall–Kier alpha value is 1.78. The molecule has 30 valence electrons. The van der Waals surface area contributed by atoms with Crippen molar-refractivity contribution >= 4 is 43.9 Å².